The summed E-state index contributed by atoms with van der Waals surface area (Å²) in [6.45, 7) is 3.12. The van der Waals surface area contributed by atoms with Crippen LogP contribution in [0.25, 0.3) is 33.3 Å². The van der Waals surface area contributed by atoms with Crippen LogP contribution in [0.5, 0.6) is 5.75 Å². The molecule has 0 unspecified atom stereocenters. The van der Waals surface area contributed by atoms with E-state index in [9.17, 15) is 9.59 Å². The van der Waals surface area contributed by atoms with Gasteiger partial charge >= 0.3 is 6.03 Å². The van der Waals surface area contributed by atoms with Crippen molar-refractivity contribution in [1.82, 2.24) is 19.8 Å². The summed E-state index contributed by atoms with van der Waals surface area (Å²) in [5.74, 6) is 0.646. The number of ether oxygens (including phenoxy) is 3. The second kappa shape index (κ2) is 12.2. The van der Waals surface area contributed by atoms with Crippen molar-refractivity contribution in [2.24, 2.45) is 0 Å². The highest BCUT2D eigenvalue weighted by molar-refractivity contribution is 6.05. The van der Waals surface area contributed by atoms with Gasteiger partial charge < -0.3 is 34.3 Å². The zero-order chi connectivity index (χ0) is 29.1. The third-order valence-electron chi connectivity index (χ3n) is 8.05. The van der Waals surface area contributed by atoms with E-state index in [2.05, 4.69) is 21.4 Å². The summed E-state index contributed by atoms with van der Waals surface area (Å²) < 4.78 is 16.4. The number of rotatable bonds is 7. The van der Waals surface area contributed by atoms with Crippen LogP contribution in [0.15, 0.2) is 60.9 Å². The lowest BCUT2D eigenvalue weighted by atomic mass is 9.99. The summed E-state index contributed by atoms with van der Waals surface area (Å²) in [5, 5.41) is 3.94. The first-order chi connectivity index (χ1) is 20.6. The number of nitrogens with zero attached hydrogens (tertiary/aromatic N) is 3. The van der Waals surface area contributed by atoms with Gasteiger partial charge in [-0.2, -0.15) is 0 Å². The number of para-hydroxylation sites is 1. The first kappa shape index (κ1) is 27.7. The van der Waals surface area contributed by atoms with Crippen molar-refractivity contribution >= 4 is 28.7 Å². The summed E-state index contributed by atoms with van der Waals surface area (Å²) in [4.78, 5) is 38.7. The number of urea groups is 1. The molecular formula is C32H35N5O5. The SMILES string of the molecule is COC[C@H]1CCCN1C(=O)c1cc(-c2cnc3[nH]cc(-c4ccccc4OC)c3c2)ccc1NC(=O)N1CCOCC1. The highest BCUT2D eigenvalue weighted by Crippen LogP contribution is 2.37. The smallest absolute Gasteiger partial charge is 0.322 e. The molecule has 6 rings (SSSR count). The van der Waals surface area contributed by atoms with E-state index in [1.165, 1.54) is 0 Å². The topological polar surface area (TPSA) is 109 Å². The highest BCUT2D eigenvalue weighted by Gasteiger charge is 2.31. The molecule has 4 heterocycles. The Morgan fingerprint density at radius 2 is 1.88 bits per heavy atom. The number of aromatic amines is 1. The maximum absolute atomic E-state index is 14.0. The molecule has 2 aliphatic rings. The van der Waals surface area contributed by atoms with Crippen molar-refractivity contribution < 1.29 is 23.8 Å². The number of anilines is 1. The molecule has 42 heavy (non-hydrogen) atoms. The molecule has 10 heteroatoms. The van der Waals surface area contributed by atoms with Gasteiger partial charge in [0, 0.05) is 61.2 Å². The highest BCUT2D eigenvalue weighted by atomic mass is 16.5. The molecule has 3 amide bonds. The molecule has 1 atom stereocenters. The van der Waals surface area contributed by atoms with Gasteiger partial charge in [0.15, 0.2) is 0 Å². The quantitative estimate of drug-likeness (QED) is 0.324. The van der Waals surface area contributed by atoms with Gasteiger partial charge in [0.2, 0.25) is 0 Å². The molecule has 0 bridgehead atoms. The Labute approximate surface area is 244 Å². The van der Waals surface area contributed by atoms with Gasteiger partial charge in [-0.15, -0.1) is 0 Å². The molecule has 2 fully saturated rings. The lowest BCUT2D eigenvalue weighted by Gasteiger charge is -2.28. The molecule has 2 aromatic heterocycles. The molecule has 0 saturated carbocycles. The number of likely N-dealkylation sites (tertiary alicyclic amines) is 1. The maximum atomic E-state index is 14.0. The summed E-state index contributed by atoms with van der Waals surface area (Å²) in [6.07, 6.45) is 5.52. The lowest BCUT2D eigenvalue weighted by Crippen LogP contribution is -2.43. The number of hydrogen-bond acceptors (Lipinski definition) is 6. The lowest BCUT2D eigenvalue weighted by molar-refractivity contribution is 0.0564. The Bertz CT molecular complexity index is 1600. The molecule has 2 saturated heterocycles. The fourth-order valence-electron chi connectivity index (χ4n) is 5.85. The van der Waals surface area contributed by atoms with Crippen molar-refractivity contribution in [3.8, 4) is 28.0 Å². The minimum atomic E-state index is -0.244. The first-order valence-corrected chi connectivity index (χ1v) is 14.3. The van der Waals surface area contributed by atoms with Crippen molar-refractivity contribution in [3.05, 3.63) is 66.5 Å². The Hall–Kier alpha value is -4.41. The molecule has 218 valence electrons. The predicted molar refractivity (Wildman–Crippen MR) is 161 cm³/mol. The molecule has 4 aromatic rings. The molecule has 2 aliphatic heterocycles. The van der Waals surface area contributed by atoms with Crippen LogP contribution >= 0.6 is 0 Å². The average Bonchev–Trinajstić information content (AvgIpc) is 3.68. The zero-order valence-electron chi connectivity index (χ0n) is 23.9. The second-order valence-corrected chi connectivity index (χ2v) is 10.6. The number of carbonyl (C=O) groups is 2. The molecular weight excluding hydrogens is 534 g/mol. The zero-order valence-corrected chi connectivity index (χ0v) is 23.9. The number of carbonyl (C=O) groups excluding carboxylic acids is 2. The van der Waals surface area contributed by atoms with Crippen LogP contribution in [-0.2, 0) is 9.47 Å². The number of methoxy groups -OCH3 is 2. The largest absolute Gasteiger partial charge is 0.496 e. The molecule has 0 radical (unpaired) electrons. The molecule has 2 N–H and O–H groups in total. The van der Waals surface area contributed by atoms with Gasteiger partial charge in [0.05, 0.1) is 44.2 Å². The number of nitrogens with one attached hydrogen (secondary N) is 2. The number of fused-ring (bicyclic) bond motifs is 1. The van der Waals surface area contributed by atoms with Crippen molar-refractivity contribution in [1.29, 1.82) is 0 Å². The van der Waals surface area contributed by atoms with E-state index in [0.29, 0.717) is 50.7 Å². The number of aromatic nitrogens is 2. The van der Waals surface area contributed by atoms with E-state index in [-0.39, 0.29) is 18.0 Å². The maximum Gasteiger partial charge on any atom is 0.322 e. The van der Waals surface area contributed by atoms with E-state index in [1.54, 1.807) is 25.3 Å². The van der Waals surface area contributed by atoms with Crippen LogP contribution in [0.3, 0.4) is 0 Å². The standard InChI is InChI=1S/C32H35N5O5/c1-40-20-23-6-5-11-37(23)31(38)26-16-21(9-10-28(26)35-32(39)36-12-14-42-15-13-36)22-17-25-27(19-34-30(25)33-18-22)24-7-3-4-8-29(24)41-2/h3-4,7-10,16-19,23H,5-6,11-15,20H2,1-2H3,(H,33,34)(H,35,39)/t23-/m1/s1. The van der Waals surface area contributed by atoms with E-state index in [4.69, 9.17) is 14.2 Å². The minimum Gasteiger partial charge on any atom is -0.496 e. The summed E-state index contributed by atoms with van der Waals surface area (Å²) >= 11 is 0. The number of pyridine rings is 1. The Kier molecular flexibility index (Phi) is 8.07. The van der Waals surface area contributed by atoms with Gasteiger partial charge in [0.25, 0.3) is 5.91 Å². The van der Waals surface area contributed by atoms with E-state index >= 15 is 0 Å². The average molecular weight is 570 g/mol. The van der Waals surface area contributed by atoms with Crippen molar-refractivity contribution in [3.63, 3.8) is 0 Å². The molecule has 0 spiro atoms. The first-order valence-electron chi connectivity index (χ1n) is 14.3. The second-order valence-electron chi connectivity index (χ2n) is 10.6. The third kappa shape index (κ3) is 5.43. The minimum absolute atomic E-state index is 0.00441. The molecule has 2 aromatic carbocycles. The van der Waals surface area contributed by atoms with Crippen LogP contribution in [-0.4, -0.2) is 91.4 Å². The number of amides is 3. The van der Waals surface area contributed by atoms with E-state index in [1.807, 2.05) is 53.6 Å². The van der Waals surface area contributed by atoms with Gasteiger partial charge in [-0.1, -0.05) is 24.3 Å². The predicted octanol–water partition coefficient (Wildman–Crippen LogP) is 5.02. The van der Waals surface area contributed by atoms with Gasteiger partial charge in [-0.05, 0) is 42.7 Å². The van der Waals surface area contributed by atoms with Crippen molar-refractivity contribution in [2.45, 2.75) is 18.9 Å². The van der Waals surface area contributed by atoms with Crippen LogP contribution in [0.2, 0.25) is 0 Å². The molecule has 0 aliphatic carbocycles. The summed E-state index contributed by atoms with van der Waals surface area (Å²) in [5.41, 5.74) is 5.29. The Morgan fingerprint density at radius 1 is 1.05 bits per heavy atom. The number of benzene rings is 2. The summed E-state index contributed by atoms with van der Waals surface area (Å²) in [7, 11) is 3.31. The normalized spacial score (nSPS) is 17.0. The van der Waals surface area contributed by atoms with Crippen LogP contribution in [0, 0.1) is 0 Å². The Morgan fingerprint density at radius 3 is 2.69 bits per heavy atom. The Balaban J connectivity index is 1.39. The summed E-state index contributed by atoms with van der Waals surface area (Å²) in [6, 6.07) is 15.3. The number of morpholine rings is 1. The molecule has 10 nitrogen and oxygen atoms in total. The van der Waals surface area contributed by atoms with Crippen LogP contribution in [0.4, 0.5) is 10.5 Å². The number of H-pyrrole nitrogens is 1. The van der Waals surface area contributed by atoms with E-state index in [0.717, 1.165) is 51.9 Å². The van der Waals surface area contributed by atoms with Gasteiger partial charge in [0.1, 0.15) is 11.4 Å². The van der Waals surface area contributed by atoms with Crippen molar-refractivity contribution in [2.75, 3.05) is 59.0 Å². The van der Waals surface area contributed by atoms with Crippen LogP contribution in [0.1, 0.15) is 23.2 Å². The van der Waals surface area contributed by atoms with Gasteiger partial charge in [-0.25, -0.2) is 9.78 Å². The number of hydrogen-bond donors (Lipinski definition) is 2. The fourth-order valence-corrected chi connectivity index (χ4v) is 5.85. The van der Waals surface area contributed by atoms with Crippen LogP contribution < -0.4 is 10.1 Å². The monoisotopic (exact) mass is 569 g/mol. The van der Waals surface area contributed by atoms with Gasteiger partial charge in [-0.3, -0.25) is 4.79 Å². The third-order valence-corrected chi connectivity index (χ3v) is 8.05. The van der Waals surface area contributed by atoms with E-state index < -0.39 is 0 Å². The fraction of sp³-hybridized carbons (Fsp3) is 0.344.